The van der Waals surface area contributed by atoms with E-state index in [1.165, 1.54) is 0 Å². The Hall–Kier alpha value is -2.74. The molecule has 2 aromatic carbocycles. The maximum atomic E-state index is 12.4. The Morgan fingerprint density at radius 1 is 1.07 bits per heavy atom. The van der Waals surface area contributed by atoms with Gasteiger partial charge in [-0.15, -0.1) is 0 Å². The molecule has 0 saturated carbocycles. The molecular formula is C19H22N2O5S. The number of nitrogens with zero attached hydrogens (tertiary/aromatic N) is 1. The van der Waals surface area contributed by atoms with Crippen LogP contribution in [0.2, 0.25) is 0 Å². The quantitative estimate of drug-likeness (QED) is 0.819. The average Bonchev–Trinajstić information content (AvgIpc) is 2.65. The number of ether oxygens (including phenoxy) is 2. The van der Waals surface area contributed by atoms with Crippen molar-refractivity contribution in [3.8, 4) is 11.5 Å². The highest BCUT2D eigenvalue weighted by molar-refractivity contribution is 7.92. The minimum absolute atomic E-state index is 0.321. The van der Waals surface area contributed by atoms with Crippen molar-refractivity contribution in [1.29, 1.82) is 0 Å². The van der Waals surface area contributed by atoms with Gasteiger partial charge < -0.3 is 14.8 Å². The highest BCUT2D eigenvalue weighted by Gasteiger charge is 2.21. The van der Waals surface area contributed by atoms with Gasteiger partial charge >= 0.3 is 0 Å². The summed E-state index contributed by atoms with van der Waals surface area (Å²) >= 11 is 0. The number of carbonyl (C=O) groups excluding carboxylic acids is 1. The second kappa shape index (κ2) is 7.87. The van der Waals surface area contributed by atoms with E-state index in [1.807, 2.05) is 19.1 Å². The predicted octanol–water partition coefficient (Wildman–Crippen LogP) is 2.42. The number of aryl methyl sites for hydroxylation is 1. The number of benzene rings is 2. The summed E-state index contributed by atoms with van der Waals surface area (Å²) in [6.07, 6.45) is 1.93. The number of hydrogen-bond donors (Lipinski definition) is 1. The van der Waals surface area contributed by atoms with E-state index >= 15 is 0 Å². The lowest BCUT2D eigenvalue weighted by molar-refractivity contribution is -0.114. The van der Waals surface area contributed by atoms with Gasteiger partial charge in [-0.2, -0.15) is 0 Å². The maximum Gasteiger partial charge on any atom is 0.245 e. The van der Waals surface area contributed by atoms with Gasteiger partial charge in [0.05, 0.1) is 11.9 Å². The molecule has 0 radical (unpaired) electrons. The normalized spacial score (nSPS) is 13.1. The van der Waals surface area contributed by atoms with Crippen LogP contribution in [0.25, 0.3) is 0 Å². The first-order valence-electron chi connectivity index (χ1n) is 8.63. The molecule has 0 aromatic heterocycles. The molecule has 1 aliphatic heterocycles. The Morgan fingerprint density at radius 3 is 2.37 bits per heavy atom. The van der Waals surface area contributed by atoms with Gasteiger partial charge in [0.2, 0.25) is 15.9 Å². The first-order valence-corrected chi connectivity index (χ1v) is 10.5. The van der Waals surface area contributed by atoms with Crippen molar-refractivity contribution in [1.82, 2.24) is 0 Å². The van der Waals surface area contributed by atoms with Crippen molar-refractivity contribution in [3.63, 3.8) is 0 Å². The number of fused-ring (bicyclic) bond motifs is 1. The predicted molar refractivity (Wildman–Crippen MR) is 104 cm³/mol. The van der Waals surface area contributed by atoms with Crippen molar-refractivity contribution in [3.05, 3.63) is 48.0 Å². The minimum Gasteiger partial charge on any atom is -0.486 e. The molecule has 0 aliphatic carbocycles. The second-order valence-electron chi connectivity index (χ2n) is 6.20. The molecule has 1 amide bonds. The Balaban J connectivity index is 1.74. The first kappa shape index (κ1) is 19.0. The number of hydrogen-bond acceptors (Lipinski definition) is 5. The van der Waals surface area contributed by atoms with E-state index in [9.17, 15) is 13.2 Å². The summed E-state index contributed by atoms with van der Waals surface area (Å²) in [7, 11) is -3.61. The van der Waals surface area contributed by atoms with Gasteiger partial charge in [-0.25, -0.2) is 8.42 Å². The zero-order valence-electron chi connectivity index (χ0n) is 15.3. The second-order valence-corrected chi connectivity index (χ2v) is 8.10. The van der Waals surface area contributed by atoms with E-state index in [4.69, 9.17) is 9.47 Å². The number of rotatable bonds is 6. The molecule has 0 bridgehead atoms. The van der Waals surface area contributed by atoms with E-state index in [1.54, 1.807) is 30.3 Å². The summed E-state index contributed by atoms with van der Waals surface area (Å²) < 4.78 is 36.4. The fourth-order valence-electron chi connectivity index (χ4n) is 2.75. The van der Waals surface area contributed by atoms with Gasteiger partial charge in [-0.1, -0.05) is 19.1 Å². The molecule has 3 rings (SSSR count). The lowest BCUT2D eigenvalue weighted by atomic mass is 10.1. The van der Waals surface area contributed by atoms with Crippen LogP contribution < -0.4 is 19.1 Å². The lowest BCUT2D eigenvalue weighted by Gasteiger charge is -2.22. The van der Waals surface area contributed by atoms with Crippen molar-refractivity contribution in [2.75, 3.05) is 35.6 Å². The summed E-state index contributed by atoms with van der Waals surface area (Å²) in [5, 5.41) is 2.71. The molecule has 8 heteroatoms. The molecule has 27 heavy (non-hydrogen) atoms. The van der Waals surface area contributed by atoms with E-state index in [0.717, 1.165) is 22.5 Å². The highest BCUT2D eigenvalue weighted by atomic mass is 32.2. The molecule has 2 aromatic rings. The van der Waals surface area contributed by atoms with Crippen LogP contribution >= 0.6 is 0 Å². The Labute approximate surface area is 158 Å². The van der Waals surface area contributed by atoms with Crippen molar-refractivity contribution in [2.24, 2.45) is 0 Å². The SMILES string of the molecule is CCc1ccc(N(CC(=O)Nc2ccc3c(c2)OCCO3)S(C)(=O)=O)cc1. The largest absolute Gasteiger partial charge is 0.486 e. The van der Waals surface area contributed by atoms with Crippen LogP contribution in [0, 0.1) is 0 Å². The Bertz CT molecular complexity index is 926. The smallest absolute Gasteiger partial charge is 0.245 e. The monoisotopic (exact) mass is 390 g/mol. The third-order valence-electron chi connectivity index (χ3n) is 4.15. The van der Waals surface area contributed by atoms with Crippen molar-refractivity contribution >= 4 is 27.3 Å². The fraction of sp³-hybridized carbons (Fsp3) is 0.316. The van der Waals surface area contributed by atoms with Crippen LogP contribution in [0.1, 0.15) is 12.5 Å². The van der Waals surface area contributed by atoms with Crippen LogP contribution in [0.4, 0.5) is 11.4 Å². The zero-order chi connectivity index (χ0) is 19.4. The molecule has 0 unspecified atom stereocenters. The van der Waals surface area contributed by atoms with E-state index in [-0.39, 0.29) is 6.54 Å². The number of nitrogens with one attached hydrogen (secondary N) is 1. The third-order valence-corrected chi connectivity index (χ3v) is 5.29. The summed E-state index contributed by atoms with van der Waals surface area (Å²) in [5.41, 5.74) is 2.05. The summed E-state index contributed by atoms with van der Waals surface area (Å²) in [4.78, 5) is 12.4. The molecule has 0 saturated heterocycles. The molecule has 144 valence electrons. The summed E-state index contributed by atoms with van der Waals surface area (Å²) in [6.45, 7) is 2.63. The molecular weight excluding hydrogens is 368 g/mol. The van der Waals surface area contributed by atoms with Crippen molar-refractivity contribution < 1.29 is 22.7 Å². The third kappa shape index (κ3) is 4.71. The van der Waals surface area contributed by atoms with Crippen LogP contribution in [0.3, 0.4) is 0 Å². The molecule has 0 atom stereocenters. The molecule has 0 spiro atoms. The lowest BCUT2D eigenvalue weighted by Crippen LogP contribution is -2.37. The first-order chi connectivity index (χ1) is 12.9. The van der Waals surface area contributed by atoms with Crippen LogP contribution in [-0.4, -0.2) is 40.3 Å². The number of anilines is 2. The maximum absolute atomic E-state index is 12.4. The van der Waals surface area contributed by atoms with Crippen LogP contribution in [0.15, 0.2) is 42.5 Å². The Kier molecular flexibility index (Phi) is 5.55. The van der Waals surface area contributed by atoms with Gasteiger partial charge in [0, 0.05) is 11.8 Å². The molecule has 1 aliphatic rings. The van der Waals surface area contributed by atoms with Gasteiger partial charge in [-0.3, -0.25) is 9.10 Å². The van der Waals surface area contributed by atoms with Gasteiger partial charge in [-0.05, 0) is 36.2 Å². The van der Waals surface area contributed by atoms with Gasteiger partial charge in [0.25, 0.3) is 0 Å². The number of amides is 1. The number of sulfonamides is 1. The van der Waals surface area contributed by atoms with E-state index in [0.29, 0.717) is 36.1 Å². The molecule has 1 heterocycles. The minimum atomic E-state index is -3.61. The number of carbonyl (C=O) groups is 1. The molecule has 0 fully saturated rings. The van der Waals surface area contributed by atoms with E-state index < -0.39 is 15.9 Å². The van der Waals surface area contributed by atoms with Gasteiger partial charge in [0.15, 0.2) is 11.5 Å². The van der Waals surface area contributed by atoms with Crippen LogP contribution in [0.5, 0.6) is 11.5 Å². The molecule has 1 N–H and O–H groups in total. The standard InChI is InChI=1S/C19H22N2O5S/c1-3-14-4-7-16(8-5-14)21(27(2,23)24)13-19(22)20-15-6-9-17-18(12-15)26-11-10-25-17/h4-9,12H,3,10-11,13H2,1-2H3,(H,20,22). The fourth-order valence-corrected chi connectivity index (χ4v) is 3.61. The van der Waals surface area contributed by atoms with Gasteiger partial charge in [0.1, 0.15) is 19.8 Å². The van der Waals surface area contributed by atoms with Crippen molar-refractivity contribution in [2.45, 2.75) is 13.3 Å². The summed E-state index contributed by atoms with van der Waals surface area (Å²) in [5.74, 6) is 0.721. The Morgan fingerprint density at radius 2 is 1.74 bits per heavy atom. The zero-order valence-corrected chi connectivity index (χ0v) is 16.1. The highest BCUT2D eigenvalue weighted by Crippen LogP contribution is 2.32. The average molecular weight is 390 g/mol. The van der Waals surface area contributed by atoms with E-state index in [2.05, 4.69) is 5.32 Å². The molecule has 7 nitrogen and oxygen atoms in total. The topological polar surface area (TPSA) is 84.9 Å². The summed E-state index contributed by atoms with van der Waals surface area (Å²) in [6, 6.07) is 12.2. The van der Waals surface area contributed by atoms with Crippen LogP contribution in [-0.2, 0) is 21.2 Å².